The van der Waals surface area contributed by atoms with E-state index in [0.29, 0.717) is 30.1 Å². The Balaban J connectivity index is 0.000000184. The molecule has 2 aliphatic carbocycles. The molecule has 0 aromatic heterocycles. The average molecular weight is 803 g/mol. The van der Waals surface area contributed by atoms with Crippen LogP contribution >= 0.6 is 0 Å². The van der Waals surface area contributed by atoms with Crippen LogP contribution in [-0.4, -0.2) is 19.0 Å². The fourth-order valence-electron chi connectivity index (χ4n) is 9.12. The number of benzene rings is 8. The number of aryl methyl sites for hydroxylation is 3. The van der Waals surface area contributed by atoms with Crippen LogP contribution in [0, 0.1) is 6.92 Å². The van der Waals surface area contributed by atoms with Crippen LogP contribution in [-0.2, 0) is 36.2 Å². The Bertz CT molecular complexity index is 2880. The smallest absolute Gasteiger partial charge is 0.343 e. The van der Waals surface area contributed by atoms with Gasteiger partial charge in [-0.15, -0.1) is 0 Å². The number of hydrogen-bond acceptors (Lipinski definition) is 6. The highest BCUT2D eigenvalue weighted by Crippen LogP contribution is 2.56. The minimum atomic E-state index is -0.327. The van der Waals surface area contributed by atoms with Crippen molar-refractivity contribution in [3.8, 4) is 17.2 Å². The largest absolute Gasteiger partial charge is 0.489 e. The molecule has 0 saturated heterocycles. The molecule has 6 heteroatoms. The summed E-state index contributed by atoms with van der Waals surface area (Å²) in [6, 6.07) is 56.0. The molecule has 2 aliphatic rings. The number of carbonyl (C=O) groups excluding carboxylic acids is 2. The number of esters is 2. The Morgan fingerprint density at radius 3 is 1.56 bits per heavy atom. The summed E-state index contributed by atoms with van der Waals surface area (Å²) in [7, 11) is 1.38. The summed E-state index contributed by atoms with van der Waals surface area (Å²) in [6.45, 7) is 3.27. The summed E-state index contributed by atoms with van der Waals surface area (Å²) in [5.74, 6) is 1.67. The van der Waals surface area contributed by atoms with Crippen molar-refractivity contribution in [2.75, 3.05) is 7.11 Å². The van der Waals surface area contributed by atoms with Crippen LogP contribution < -0.4 is 14.2 Å². The van der Waals surface area contributed by atoms with E-state index < -0.39 is 0 Å². The normalized spacial score (nSPS) is 14.8. The first-order chi connectivity index (χ1) is 29.9. The number of fused-ring (bicyclic) bond motifs is 6. The molecule has 0 fully saturated rings. The van der Waals surface area contributed by atoms with Crippen molar-refractivity contribution in [2.45, 2.75) is 51.2 Å². The molecule has 8 aromatic carbocycles. The topological polar surface area (TPSA) is 71.1 Å². The third kappa shape index (κ3) is 8.22. The fraction of sp³-hybridized carbons (Fsp3) is 0.164. The highest BCUT2D eigenvalue weighted by molar-refractivity contribution is 5.97. The van der Waals surface area contributed by atoms with Gasteiger partial charge < -0.3 is 18.9 Å². The van der Waals surface area contributed by atoms with Gasteiger partial charge in [0.1, 0.15) is 30.5 Å². The molecule has 8 aromatic rings. The van der Waals surface area contributed by atoms with Crippen molar-refractivity contribution >= 4 is 33.5 Å². The van der Waals surface area contributed by atoms with E-state index in [4.69, 9.17) is 18.9 Å². The maximum atomic E-state index is 13.5. The highest BCUT2D eigenvalue weighted by Gasteiger charge is 2.47. The fourth-order valence-corrected chi connectivity index (χ4v) is 9.12. The van der Waals surface area contributed by atoms with E-state index in [1.807, 2.05) is 127 Å². The number of ether oxygens (including phenoxy) is 4. The Hall–Kier alpha value is -7.18. The van der Waals surface area contributed by atoms with E-state index >= 15 is 0 Å². The van der Waals surface area contributed by atoms with Crippen molar-refractivity contribution in [1.82, 2.24) is 0 Å². The van der Waals surface area contributed by atoms with Gasteiger partial charge in [-0.05, 0) is 142 Å². The van der Waals surface area contributed by atoms with Crippen LogP contribution in [0.25, 0.3) is 21.5 Å². The van der Waals surface area contributed by atoms with Crippen LogP contribution in [0.5, 0.6) is 17.2 Å². The van der Waals surface area contributed by atoms with Crippen molar-refractivity contribution in [3.63, 3.8) is 0 Å². The van der Waals surface area contributed by atoms with Crippen molar-refractivity contribution in [1.29, 1.82) is 0 Å². The predicted molar refractivity (Wildman–Crippen MR) is 241 cm³/mol. The predicted octanol–water partition coefficient (Wildman–Crippen LogP) is 12.3. The lowest BCUT2D eigenvalue weighted by Gasteiger charge is -2.29. The zero-order chi connectivity index (χ0) is 41.8. The van der Waals surface area contributed by atoms with E-state index in [9.17, 15) is 9.59 Å². The summed E-state index contributed by atoms with van der Waals surface area (Å²) in [5, 5.41) is 4.01. The Kier molecular flexibility index (Phi) is 11.1. The van der Waals surface area contributed by atoms with Crippen molar-refractivity contribution < 1.29 is 28.5 Å². The van der Waals surface area contributed by atoms with Gasteiger partial charge in [0.25, 0.3) is 0 Å². The molecule has 1 atom stereocenters. The molecule has 1 spiro atoms. The van der Waals surface area contributed by atoms with Crippen molar-refractivity contribution in [2.24, 2.45) is 0 Å². The van der Waals surface area contributed by atoms with Gasteiger partial charge in [0, 0.05) is 11.0 Å². The monoisotopic (exact) mass is 802 g/mol. The SMILES string of the molecule is COC(=O)c1ccc2cc(OCc3ccccc3)ccc2c1.Cc1cccc2c1C1(CC2)CCc2cccc(OC(=O)c3ccc4cc(OCc5ccccc5)ccc4c3)c21. The highest BCUT2D eigenvalue weighted by atomic mass is 16.5. The quantitative estimate of drug-likeness (QED) is 0.107. The van der Waals surface area contributed by atoms with E-state index in [2.05, 4.69) is 43.3 Å². The van der Waals surface area contributed by atoms with E-state index in [1.165, 1.54) is 34.9 Å². The van der Waals surface area contributed by atoms with E-state index in [0.717, 1.165) is 69.9 Å². The van der Waals surface area contributed by atoms with Gasteiger partial charge in [0.2, 0.25) is 0 Å². The van der Waals surface area contributed by atoms with Gasteiger partial charge in [-0.3, -0.25) is 0 Å². The van der Waals surface area contributed by atoms with Crippen LogP contribution in [0.1, 0.15) is 72.5 Å². The molecule has 1 unspecified atom stereocenters. The second-order valence-corrected chi connectivity index (χ2v) is 15.9. The zero-order valence-electron chi connectivity index (χ0n) is 34.4. The number of methoxy groups -OCH3 is 1. The van der Waals surface area contributed by atoms with Gasteiger partial charge in [-0.25, -0.2) is 9.59 Å². The Morgan fingerprint density at radius 1 is 0.508 bits per heavy atom. The van der Waals surface area contributed by atoms with Gasteiger partial charge >= 0.3 is 11.9 Å². The maximum Gasteiger partial charge on any atom is 0.343 e. The number of rotatable bonds is 9. The molecule has 302 valence electrons. The molecule has 0 heterocycles. The summed E-state index contributed by atoms with van der Waals surface area (Å²) in [5.41, 5.74) is 10.0. The lowest BCUT2D eigenvalue weighted by molar-refractivity contribution is 0.0600. The van der Waals surface area contributed by atoms with Crippen LogP contribution in [0.15, 0.2) is 170 Å². The van der Waals surface area contributed by atoms with Gasteiger partial charge in [-0.1, -0.05) is 115 Å². The minimum Gasteiger partial charge on any atom is -0.489 e. The van der Waals surface area contributed by atoms with E-state index in [1.54, 1.807) is 6.07 Å². The summed E-state index contributed by atoms with van der Waals surface area (Å²) in [4.78, 5) is 25.0. The number of hydrogen-bond donors (Lipinski definition) is 0. The summed E-state index contributed by atoms with van der Waals surface area (Å²) in [6.07, 6.45) is 4.22. The number of carbonyl (C=O) groups is 2. The second kappa shape index (κ2) is 17.2. The Morgan fingerprint density at radius 2 is 1.00 bits per heavy atom. The first kappa shape index (κ1) is 39.3. The molecule has 0 saturated carbocycles. The molecular weight excluding hydrogens is 757 g/mol. The third-order valence-corrected chi connectivity index (χ3v) is 12.1. The lowest BCUT2D eigenvalue weighted by Crippen LogP contribution is -2.24. The molecule has 0 radical (unpaired) electrons. The second-order valence-electron chi connectivity index (χ2n) is 15.9. The molecule has 6 nitrogen and oxygen atoms in total. The zero-order valence-corrected chi connectivity index (χ0v) is 34.4. The average Bonchev–Trinajstić information content (AvgIpc) is 3.89. The lowest BCUT2D eigenvalue weighted by atomic mass is 9.74. The van der Waals surface area contributed by atoms with Crippen LogP contribution in [0.4, 0.5) is 0 Å². The molecule has 0 bridgehead atoms. The van der Waals surface area contributed by atoms with Crippen LogP contribution in [0.2, 0.25) is 0 Å². The summed E-state index contributed by atoms with van der Waals surface area (Å²) >= 11 is 0. The molecular formula is C55H46O6. The minimum absolute atomic E-state index is 0.0631. The first-order valence-electron chi connectivity index (χ1n) is 20.8. The standard InChI is InChI=1S/C36H30O3.C19H16O3/c1-24-7-5-10-26-17-19-36(33(24)26)20-18-27-11-6-12-32(34(27)36)39-35(37)30-14-13-29-22-31(16-15-28(29)21-30)38-23-25-8-3-2-4-9-25;1-21-19(20)17-8-7-16-12-18(10-9-15(16)11-17)22-13-14-5-3-2-4-6-14/h2-16,21-22H,17-20,23H2,1H3;2-12H,13H2,1H3. The third-order valence-electron chi connectivity index (χ3n) is 12.1. The van der Waals surface area contributed by atoms with E-state index in [-0.39, 0.29) is 17.4 Å². The first-order valence-corrected chi connectivity index (χ1v) is 20.8. The Labute approximate surface area is 356 Å². The molecule has 0 N–H and O–H groups in total. The maximum absolute atomic E-state index is 13.5. The van der Waals surface area contributed by atoms with Gasteiger partial charge in [0.05, 0.1) is 18.2 Å². The molecule has 61 heavy (non-hydrogen) atoms. The van der Waals surface area contributed by atoms with Gasteiger partial charge in [0.15, 0.2) is 0 Å². The molecule has 0 amide bonds. The van der Waals surface area contributed by atoms with Crippen LogP contribution in [0.3, 0.4) is 0 Å². The summed E-state index contributed by atoms with van der Waals surface area (Å²) < 4.78 is 22.7. The van der Waals surface area contributed by atoms with Gasteiger partial charge in [-0.2, -0.15) is 0 Å². The molecule has 0 aliphatic heterocycles. The van der Waals surface area contributed by atoms with Crippen molar-refractivity contribution in [3.05, 3.63) is 220 Å². The molecule has 10 rings (SSSR count).